The van der Waals surface area contributed by atoms with Crippen molar-refractivity contribution in [1.82, 2.24) is 0 Å². The quantitative estimate of drug-likeness (QED) is 0.0146. The molecule has 81 heavy (non-hydrogen) atoms. The van der Waals surface area contributed by atoms with E-state index in [1.54, 1.807) is 0 Å². The fourth-order valence-electron chi connectivity index (χ4n) is 7.87. The van der Waals surface area contributed by atoms with E-state index in [9.17, 15) is 43.5 Å². The lowest BCUT2D eigenvalue weighted by molar-refractivity contribution is -0.161. The Morgan fingerprint density at radius 1 is 0.358 bits per heavy atom. The first-order chi connectivity index (χ1) is 39.2. The van der Waals surface area contributed by atoms with Crippen LogP contribution >= 0.6 is 15.6 Å². The number of aliphatic hydroxyl groups is 2. The van der Waals surface area contributed by atoms with Crippen molar-refractivity contribution in [3.05, 3.63) is 85.1 Å². The van der Waals surface area contributed by atoms with Gasteiger partial charge in [0.05, 0.1) is 26.4 Å². The van der Waals surface area contributed by atoms with E-state index in [4.69, 9.17) is 32.3 Å². The minimum absolute atomic E-state index is 0.103. The first-order valence-electron chi connectivity index (χ1n) is 30.9. The Kier molecular flexibility index (Phi) is 54.9. The van der Waals surface area contributed by atoms with Crippen molar-refractivity contribution >= 4 is 33.6 Å². The Morgan fingerprint density at radius 2 is 0.667 bits per heavy atom. The van der Waals surface area contributed by atoms with Crippen molar-refractivity contribution in [2.24, 2.45) is 0 Å². The fourth-order valence-corrected chi connectivity index (χ4v) is 9.45. The Balaban J connectivity index is 4.73. The minimum atomic E-state index is -4.92. The van der Waals surface area contributed by atoms with Gasteiger partial charge in [-0.05, 0) is 89.9 Å². The number of hydrogen-bond donors (Lipinski definition) is 4. The maximum atomic E-state index is 12.9. The Bertz CT molecular complexity index is 1830. The maximum Gasteiger partial charge on any atom is 0.472 e. The van der Waals surface area contributed by atoms with Gasteiger partial charge in [0.25, 0.3) is 0 Å². The van der Waals surface area contributed by atoms with Gasteiger partial charge in [0.2, 0.25) is 0 Å². The molecular weight excluding hydrogens is 1070 g/mol. The normalized spacial score (nSPS) is 15.0. The number of carbonyl (C=O) groups excluding carboxylic acids is 3. The van der Waals surface area contributed by atoms with E-state index in [0.29, 0.717) is 25.7 Å². The molecule has 0 aliphatic rings. The topological polar surface area (TPSA) is 231 Å². The largest absolute Gasteiger partial charge is 0.472 e. The van der Waals surface area contributed by atoms with Crippen molar-refractivity contribution in [2.45, 2.75) is 257 Å². The molecule has 0 amide bonds. The van der Waals surface area contributed by atoms with Crippen molar-refractivity contribution in [2.75, 3.05) is 39.6 Å². The predicted octanol–water partition coefficient (Wildman–Crippen LogP) is 16.2. The standard InChI is InChI=1S/C63H110O16P2/c1-4-7-10-13-16-19-22-25-27-28-30-33-34-37-40-43-46-49-61(66)73-52-58(64)53-75-80(69,70)76-54-59(65)55-77-81(71,72)78-57-60(79-63(68)51-48-45-42-39-36-31-24-21-18-15-12-9-6-3)56-74-62(67)50-47-44-41-38-35-32-29-26-23-20-17-14-11-8-5-2/h7,10,16-17,19-20,25-27,29-30,33,37,40,58-60,64-65H,4-6,8-9,11-15,18,21-24,28,31-32,34-36,38-39,41-57H2,1-3H3,(H,69,70)(H,71,72)/b10-7-,19-16-,20-17-,27-25-,29-26-,33-30-,40-37-. The second-order valence-corrected chi connectivity index (χ2v) is 23.4. The molecule has 18 heteroatoms. The Labute approximate surface area is 489 Å². The van der Waals surface area contributed by atoms with E-state index in [-0.39, 0.29) is 19.3 Å². The van der Waals surface area contributed by atoms with E-state index < -0.39 is 91.5 Å². The smallest absolute Gasteiger partial charge is 0.463 e. The van der Waals surface area contributed by atoms with E-state index >= 15 is 0 Å². The molecule has 16 nitrogen and oxygen atoms in total. The molecule has 0 heterocycles. The predicted molar refractivity (Wildman–Crippen MR) is 325 cm³/mol. The van der Waals surface area contributed by atoms with Crippen LogP contribution in [0.15, 0.2) is 85.1 Å². The van der Waals surface area contributed by atoms with Crippen molar-refractivity contribution in [1.29, 1.82) is 0 Å². The van der Waals surface area contributed by atoms with Crippen molar-refractivity contribution < 1.29 is 75.8 Å². The van der Waals surface area contributed by atoms with Gasteiger partial charge >= 0.3 is 33.6 Å². The van der Waals surface area contributed by atoms with Crippen LogP contribution in [0.4, 0.5) is 0 Å². The van der Waals surface area contributed by atoms with Gasteiger partial charge in [-0.3, -0.25) is 32.5 Å². The van der Waals surface area contributed by atoms with E-state index in [2.05, 4.69) is 93.7 Å². The summed E-state index contributed by atoms with van der Waals surface area (Å²) in [6.07, 6.45) is 58.0. The summed E-state index contributed by atoms with van der Waals surface area (Å²) in [6, 6.07) is 0. The van der Waals surface area contributed by atoms with Gasteiger partial charge in [0.1, 0.15) is 25.4 Å². The third kappa shape index (κ3) is 58.3. The molecule has 0 aromatic carbocycles. The molecular formula is C63H110O16P2. The molecule has 0 aromatic rings. The highest BCUT2D eigenvalue weighted by molar-refractivity contribution is 7.47. The maximum absolute atomic E-state index is 12.9. The van der Waals surface area contributed by atoms with Crippen LogP contribution in [-0.4, -0.2) is 95.9 Å². The van der Waals surface area contributed by atoms with Crippen LogP contribution in [0.2, 0.25) is 0 Å². The van der Waals surface area contributed by atoms with Crippen LogP contribution < -0.4 is 0 Å². The average molecular weight is 1190 g/mol. The summed E-state index contributed by atoms with van der Waals surface area (Å²) in [5, 5.41) is 20.4. The van der Waals surface area contributed by atoms with Crippen LogP contribution in [0, 0.1) is 0 Å². The lowest BCUT2D eigenvalue weighted by Crippen LogP contribution is -2.30. The average Bonchev–Trinajstić information content (AvgIpc) is 3.44. The Hall–Kier alpha value is -3.27. The Morgan fingerprint density at radius 3 is 1.11 bits per heavy atom. The number of rotatable bonds is 58. The van der Waals surface area contributed by atoms with Crippen LogP contribution in [0.1, 0.15) is 239 Å². The summed E-state index contributed by atoms with van der Waals surface area (Å²) in [6.45, 7) is 2.43. The third-order valence-electron chi connectivity index (χ3n) is 12.6. The van der Waals surface area contributed by atoms with Crippen LogP contribution in [0.5, 0.6) is 0 Å². The number of hydrogen-bond acceptors (Lipinski definition) is 14. The number of ether oxygens (including phenoxy) is 3. The molecule has 4 N–H and O–H groups in total. The zero-order valence-corrected chi connectivity index (χ0v) is 52.0. The molecule has 0 rings (SSSR count). The zero-order valence-electron chi connectivity index (χ0n) is 50.2. The third-order valence-corrected chi connectivity index (χ3v) is 14.5. The van der Waals surface area contributed by atoms with Gasteiger partial charge in [0.15, 0.2) is 6.10 Å². The van der Waals surface area contributed by atoms with Crippen molar-refractivity contribution in [3.63, 3.8) is 0 Å². The monoisotopic (exact) mass is 1180 g/mol. The molecule has 0 saturated heterocycles. The van der Waals surface area contributed by atoms with E-state index in [1.807, 2.05) is 12.2 Å². The summed E-state index contributed by atoms with van der Waals surface area (Å²) in [4.78, 5) is 58.1. The molecule has 5 unspecified atom stereocenters. The summed E-state index contributed by atoms with van der Waals surface area (Å²) in [5.74, 6) is -1.64. The number of phosphoric ester groups is 2. The molecule has 0 spiro atoms. The lowest BCUT2D eigenvalue weighted by Gasteiger charge is -2.21. The minimum Gasteiger partial charge on any atom is -0.463 e. The SMILES string of the molecule is CC/C=C\C/C=C\C/C=C\C/C=C\C/C=C\CCCC(=O)OCC(O)COP(=O)(O)OCC(O)COP(=O)(O)OCC(COC(=O)CCCCCCC/C=C\C/C=C\CCCCC)OC(=O)CCCCCCCCCCCCCCC. The van der Waals surface area contributed by atoms with E-state index in [0.717, 1.165) is 103 Å². The molecule has 468 valence electrons. The first-order valence-corrected chi connectivity index (χ1v) is 33.9. The molecule has 5 atom stereocenters. The van der Waals surface area contributed by atoms with E-state index in [1.165, 1.54) is 70.6 Å². The summed E-state index contributed by atoms with van der Waals surface area (Å²) < 4.78 is 60.6. The number of phosphoric acid groups is 2. The second kappa shape index (κ2) is 57.2. The molecule has 0 radical (unpaired) electrons. The van der Waals surface area contributed by atoms with Crippen LogP contribution in [-0.2, 0) is 55.8 Å². The highest BCUT2D eigenvalue weighted by Crippen LogP contribution is 2.45. The molecule has 0 aromatic heterocycles. The summed E-state index contributed by atoms with van der Waals surface area (Å²) >= 11 is 0. The second-order valence-electron chi connectivity index (χ2n) is 20.5. The zero-order chi connectivity index (χ0) is 59.6. The summed E-state index contributed by atoms with van der Waals surface area (Å²) in [7, 11) is -9.78. The molecule has 0 aliphatic heterocycles. The van der Waals surface area contributed by atoms with Crippen LogP contribution in [0.25, 0.3) is 0 Å². The first kappa shape index (κ1) is 77.7. The highest BCUT2D eigenvalue weighted by atomic mass is 31.2. The molecule has 0 bridgehead atoms. The van der Waals surface area contributed by atoms with Gasteiger partial charge in [-0.2, -0.15) is 0 Å². The number of carbonyl (C=O) groups is 3. The van der Waals surface area contributed by atoms with Crippen molar-refractivity contribution in [3.8, 4) is 0 Å². The van der Waals surface area contributed by atoms with Gasteiger partial charge in [-0.25, -0.2) is 9.13 Å². The van der Waals surface area contributed by atoms with Gasteiger partial charge < -0.3 is 34.2 Å². The fraction of sp³-hybridized carbons (Fsp3) is 0.730. The van der Waals surface area contributed by atoms with Gasteiger partial charge in [-0.1, -0.05) is 215 Å². The molecule has 0 aliphatic carbocycles. The number of allylic oxidation sites excluding steroid dienone is 14. The van der Waals surface area contributed by atoms with Gasteiger partial charge in [-0.15, -0.1) is 0 Å². The number of esters is 3. The van der Waals surface area contributed by atoms with Gasteiger partial charge in [0, 0.05) is 19.3 Å². The summed E-state index contributed by atoms with van der Waals surface area (Å²) in [5.41, 5.74) is 0. The lowest BCUT2D eigenvalue weighted by atomic mass is 10.0. The molecule has 0 saturated carbocycles. The van der Waals surface area contributed by atoms with Crippen LogP contribution in [0.3, 0.4) is 0 Å². The highest BCUT2D eigenvalue weighted by Gasteiger charge is 2.29. The number of unbranched alkanes of at least 4 members (excludes halogenated alkanes) is 21. The molecule has 0 fully saturated rings. The number of aliphatic hydroxyl groups excluding tert-OH is 2.